The molecule has 2 heterocycles. The summed E-state index contributed by atoms with van der Waals surface area (Å²) in [6, 6.07) is 9.17. The smallest absolute Gasteiger partial charge is 0.269 e. The van der Waals surface area contributed by atoms with Gasteiger partial charge in [-0.1, -0.05) is 54.6 Å². The van der Waals surface area contributed by atoms with E-state index in [0.717, 1.165) is 16.8 Å². The van der Waals surface area contributed by atoms with Crippen LogP contribution in [0, 0.1) is 0 Å². The van der Waals surface area contributed by atoms with E-state index in [2.05, 4.69) is 17.0 Å². The van der Waals surface area contributed by atoms with Crippen LogP contribution in [0.2, 0.25) is 5.02 Å². The maximum absolute atomic E-state index is 12.2. The van der Waals surface area contributed by atoms with Crippen LogP contribution in [-0.2, 0) is 4.74 Å². The topological polar surface area (TPSA) is 56.1 Å². The maximum Gasteiger partial charge on any atom is 0.269 e. The lowest BCUT2D eigenvalue weighted by atomic mass is 10.1. The third kappa shape index (κ3) is 4.76. The second kappa shape index (κ2) is 8.84. The van der Waals surface area contributed by atoms with E-state index in [-0.39, 0.29) is 11.9 Å². The standard InChI is InChI=1S/C21H22ClN3O2/c1-3-4-5-6-15(2)13-27-14-18-12-23-21(26)20-11-19(24-25(18)20)16-7-9-17(22)10-8-16/h3-11,18H,1,12-14H2,2H3,(H,23,26)/b5-4-,15-6+. The van der Waals surface area contributed by atoms with Crippen LogP contribution < -0.4 is 5.32 Å². The van der Waals surface area contributed by atoms with Gasteiger partial charge in [-0.2, -0.15) is 5.10 Å². The van der Waals surface area contributed by atoms with Gasteiger partial charge in [0, 0.05) is 17.1 Å². The third-order valence-electron chi connectivity index (χ3n) is 4.22. The number of carbonyl (C=O) groups excluding carboxylic acids is 1. The number of hydrogen-bond donors (Lipinski definition) is 1. The summed E-state index contributed by atoms with van der Waals surface area (Å²) in [7, 11) is 0. The lowest BCUT2D eigenvalue weighted by Crippen LogP contribution is -2.41. The summed E-state index contributed by atoms with van der Waals surface area (Å²) >= 11 is 5.95. The molecular weight excluding hydrogens is 362 g/mol. The third-order valence-corrected chi connectivity index (χ3v) is 4.47. The number of amides is 1. The summed E-state index contributed by atoms with van der Waals surface area (Å²) in [6.07, 6.45) is 7.51. The molecule has 0 radical (unpaired) electrons. The number of benzene rings is 1. The van der Waals surface area contributed by atoms with Crippen molar-refractivity contribution in [3.05, 3.63) is 77.5 Å². The van der Waals surface area contributed by atoms with Crippen LogP contribution in [0.1, 0.15) is 23.5 Å². The number of ether oxygens (including phenoxy) is 1. The molecule has 1 N–H and O–H groups in total. The SMILES string of the molecule is C=C/C=C\C=C(/C)COCC1CNC(=O)c2cc(-c3ccc(Cl)cc3)nn21. The van der Waals surface area contributed by atoms with E-state index in [1.165, 1.54) is 0 Å². The minimum absolute atomic E-state index is 0.0460. The Labute approximate surface area is 164 Å². The Morgan fingerprint density at radius 1 is 1.41 bits per heavy atom. The molecule has 1 aliphatic heterocycles. The fourth-order valence-corrected chi connectivity index (χ4v) is 2.95. The summed E-state index contributed by atoms with van der Waals surface area (Å²) in [4.78, 5) is 12.2. The molecule has 27 heavy (non-hydrogen) atoms. The predicted octanol–water partition coefficient (Wildman–Crippen LogP) is 4.19. The highest BCUT2D eigenvalue weighted by Gasteiger charge is 2.27. The summed E-state index contributed by atoms with van der Waals surface area (Å²) in [5, 5.41) is 8.21. The Morgan fingerprint density at radius 2 is 2.19 bits per heavy atom. The highest BCUT2D eigenvalue weighted by atomic mass is 35.5. The average molecular weight is 384 g/mol. The molecule has 0 bridgehead atoms. The molecule has 1 atom stereocenters. The Kier molecular flexibility index (Phi) is 6.27. The molecule has 6 heteroatoms. The molecule has 1 aromatic heterocycles. The van der Waals surface area contributed by atoms with E-state index in [1.54, 1.807) is 16.8 Å². The van der Waals surface area contributed by atoms with Crippen molar-refractivity contribution >= 4 is 17.5 Å². The first-order chi connectivity index (χ1) is 13.1. The molecule has 1 unspecified atom stereocenters. The molecule has 0 fully saturated rings. The molecule has 0 aliphatic carbocycles. The molecule has 0 spiro atoms. The van der Waals surface area contributed by atoms with Gasteiger partial charge in [-0.3, -0.25) is 9.48 Å². The van der Waals surface area contributed by atoms with Gasteiger partial charge in [0.05, 0.1) is 24.9 Å². The summed E-state index contributed by atoms with van der Waals surface area (Å²) < 4.78 is 7.59. The zero-order chi connectivity index (χ0) is 19.2. The Hall–Kier alpha value is -2.63. The number of carbonyl (C=O) groups is 1. The van der Waals surface area contributed by atoms with Crippen LogP contribution in [0.25, 0.3) is 11.3 Å². The zero-order valence-electron chi connectivity index (χ0n) is 15.2. The van der Waals surface area contributed by atoms with Crippen molar-refractivity contribution in [1.82, 2.24) is 15.1 Å². The lowest BCUT2D eigenvalue weighted by Gasteiger charge is -2.24. The van der Waals surface area contributed by atoms with Crippen LogP contribution in [-0.4, -0.2) is 35.4 Å². The van der Waals surface area contributed by atoms with Crippen LogP contribution >= 0.6 is 11.6 Å². The highest BCUT2D eigenvalue weighted by Crippen LogP contribution is 2.25. The van der Waals surface area contributed by atoms with Crippen molar-refractivity contribution in [1.29, 1.82) is 0 Å². The Bertz CT molecular complexity index is 881. The van der Waals surface area contributed by atoms with E-state index >= 15 is 0 Å². The van der Waals surface area contributed by atoms with Crippen molar-refractivity contribution in [3.8, 4) is 11.3 Å². The van der Waals surface area contributed by atoms with Crippen molar-refractivity contribution in [2.24, 2.45) is 0 Å². The van der Waals surface area contributed by atoms with Gasteiger partial charge in [-0.05, 0) is 30.7 Å². The number of halogens is 1. The van der Waals surface area contributed by atoms with E-state index in [9.17, 15) is 4.79 Å². The molecule has 3 rings (SSSR count). The quantitative estimate of drug-likeness (QED) is 0.729. The molecule has 1 amide bonds. The molecule has 2 aromatic rings. The van der Waals surface area contributed by atoms with Gasteiger partial charge in [-0.15, -0.1) is 0 Å². The molecule has 1 aromatic carbocycles. The van der Waals surface area contributed by atoms with Gasteiger partial charge < -0.3 is 10.1 Å². The van der Waals surface area contributed by atoms with Crippen molar-refractivity contribution in [2.45, 2.75) is 13.0 Å². The summed E-state index contributed by atoms with van der Waals surface area (Å²) in [5.74, 6) is -0.121. The van der Waals surface area contributed by atoms with Crippen molar-refractivity contribution in [2.75, 3.05) is 19.8 Å². The van der Waals surface area contributed by atoms with Crippen molar-refractivity contribution < 1.29 is 9.53 Å². The lowest BCUT2D eigenvalue weighted by molar-refractivity contribution is 0.0819. The fourth-order valence-electron chi connectivity index (χ4n) is 2.82. The molecule has 5 nitrogen and oxygen atoms in total. The average Bonchev–Trinajstić information content (AvgIpc) is 3.11. The second-order valence-electron chi connectivity index (χ2n) is 6.38. The van der Waals surface area contributed by atoms with Gasteiger partial charge in [0.15, 0.2) is 0 Å². The fraction of sp³-hybridized carbons (Fsp3) is 0.238. The molecule has 0 saturated heterocycles. The number of fused-ring (bicyclic) bond motifs is 1. The number of allylic oxidation sites excluding steroid dienone is 4. The van der Waals surface area contributed by atoms with Crippen LogP contribution in [0.3, 0.4) is 0 Å². The molecule has 0 saturated carbocycles. The van der Waals surface area contributed by atoms with E-state index in [0.29, 0.717) is 30.5 Å². The Balaban J connectivity index is 1.71. The Morgan fingerprint density at radius 3 is 2.93 bits per heavy atom. The minimum atomic E-state index is -0.121. The van der Waals surface area contributed by atoms with Gasteiger partial charge in [0.1, 0.15) is 5.69 Å². The number of hydrogen-bond acceptors (Lipinski definition) is 3. The van der Waals surface area contributed by atoms with E-state index in [4.69, 9.17) is 16.3 Å². The van der Waals surface area contributed by atoms with Crippen LogP contribution in [0.5, 0.6) is 0 Å². The number of nitrogens with one attached hydrogen (secondary N) is 1. The summed E-state index contributed by atoms with van der Waals surface area (Å²) in [6.45, 7) is 7.12. The predicted molar refractivity (Wildman–Crippen MR) is 108 cm³/mol. The summed E-state index contributed by atoms with van der Waals surface area (Å²) in [5.41, 5.74) is 3.31. The first-order valence-electron chi connectivity index (χ1n) is 8.75. The van der Waals surface area contributed by atoms with E-state index in [1.807, 2.05) is 49.4 Å². The zero-order valence-corrected chi connectivity index (χ0v) is 15.9. The van der Waals surface area contributed by atoms with Gasteiger partial charge >= 0.3 is 0 Å². The van der Waals surface area contributed by atoms with Gasteiger partial charge in [-0.25, -0.2) is 0 Å². The normalized spacial score (nSPS) is 17.0. The van der Waals surface area contributed by atoms with E-state index < -0.39 is 0 Å². The molecule has 140 valence electrons. The van der Waals surface area contributed by atoms with Crippen molar-refractivity contribution in [3.63, 3.8) is 0 Å². The van der Waals surface area contributed by atoms with Gasteiger partial charge in [0.2, 0.25) is 0 Å². The largest absolute Gasteiger partial charge is 0.375 e. The van der Waals surface area contributed by atoms with Crippen LogP contribution in [0.4, 0.5) is 0 Å². The minimum Gasteiger partial charge on any atom is -0.375 e. The first-order valence-corrected chi connectivity index (χ1v) is 9.12. The second-order valence-corrected chi connectivity index (χ2v) is 6.82. The first kappa shape index (κ1) is 19.1. The maximum atomic E-state index is 12.2. The number of aromatic nitrogens is 2. The molecule has 1 aliphatic rings. The number of rotatable bonds is 7. The monoisotopic (exact) mass is 383 g/mol. The molecular formula is C21H22ClN3O2. The van der Waals surface area contributed by atoms with Crippen LogP contribution in [0.15, 0.2) is 66.8 Å². The highest BCUT2D eigenvalue weighted by molar-refractivity contribution is 6.30. The van der Waals surface area contributed by atoms with Gasteiger partial charge in [0.25, 0.3) is 5.91 Å². The number of nitrogens with zero attached hydrogens (tertiary/aromatic N) is 2.